The average molecular weight is 375 g/mol. The summed E-state index contributed by atoms with van der Waals surface area (Å²) in [5.41, 5.74) is -1.30. The Balaban J connectivity index is 2.36. The maximum atomic E-state index is 13.0. The van der Waals surface area contributed by atoms with Crippen LogP contribution in [-0.2, 0) is 6.18 Å². The van der Waals surface area contributed by atoms with Gasteiger partial charge in [0.2, 0.25) is 0 Å². The minimum Gasteiger partial charge on any atom is -0.321 e. The number of carbonyl (C=O) groups excluding carboxylic acids is 1. The predicted molar refractivity (Wildman–Crippen MR) is 76.1 cm³/mol. The highest BCUT2D eigenvalue weighted by Gasteiger charge is 2.34. The van der Waals surface area contributed by atoms with Crippen LogP contribution in [0, 0.1) is 11.3 Å². The molecule has 0 atom stereocenters. The van der Waals surface area contributed by atoms with Crippen LogP contribution in [-0.4, -0.2) is 5.91 Å². The van der Waals surface area contributed by atoms with E-state index in [9.17, 15) is 18.0 Å². The summed E-state index contributed by atoms with van der Waals surface area (Å²) >= 11 is 4.42. The summed E-state index contributed by atoms with van der Waals surface area (Å²) in [6, 6.07) is 6.14. The zero-order valence-corrected chi connectivity index (χ0v) is 12.6. The van der Waals surface area contributed by atoms with Gasteiger partial charge in [0.25, 0.3) is 5.91 Å². The van der Waals surface area contributed by atoms with Crippen molar-refractivity contribution in [1.29, 1.82) is 5.26 Å². The summed E-state index contributed by atoms with van der Waals surface area (Å²) in [4.78, 5) is 11.9. The third-order valence-corrected chi connectivity index (χ3v) is 4.04. The van der Waals surface area contributed by atoms with Crippen molar-refractivity contribution in [1.82, 2.24) is 0 Å². The second-order valence-electron chi connectivity index (χ2n) is 3.96. The molecule has 0 saturated heterocycles. The number of rotatable bonds is 2. The lowest BCUT2D eigenvalue weighted by Crippen LogP contribution is -2.16. The Bertz CT molecular complexity index is 734. The van der Waals surface area contributed by atoms with Gasteiger partial charge in [-0.2, -0.15) is 18.4 Å². The van der Waals surface area contributed by atoms with E-state index in [-0.39, 0.29) is 16.8 Å². The van der Waals surface area contributed by atoms with Crippen LogP contribution < -0.4 is 5.32 Å². The molecule has 108 valence electrons. The maximum absolute atomic E-state index is 13.0. The van der Waals surface area contributed by atoms with Crippen LogP contribution in [0.5, 0.6) is 0 Å². The lowest BCUT2D eigenvalue weighted by atomic mass is 10.1. The molecule has 0 spiro atoms. The van der Waals surface area contributed by atoms with E-state index >= 15 is 0 Å². The molecule has 8 heteroatoms. The van der Waals surface area contributed by atoms with Gasteiger partial charge in [0.05, 0.1) is 32.2 Å². The molecule has 0 saturated carbocycles. The fourth-order valence-electron chi connectivity index (χ4n) is 1.58. The van der Waals surface area contributed by atoms with E-state index < -0.39 is 17.6 Å². The van der Waals surface area contributed by atoms with Crippen molar-refractivity contribution in [2.45, 2.75) is 6.18 Å². The number of alkyl halides is 3. The third kappa shape index (κ3) is 3.62. The molecule has 1 N–H and O–H groups in total. The van der Waals surface area contributed by atoms with E-state index in [1.807, 2.05) is 0 Å². The van der Waals surface area contributed by atoms with E-state index in [2.05, 4.69) is 21.2 Å². The lowest BCUT2D eigenvalue weighted by Gasteiger charge is -2.13. The molecule has 0 bridgehead atoms. The van der Waals surface area contributed by atoms with Crippen molar-refractivity contribution >= 4 is 38.9 Å². The van der Waals surface area contributed by atoms with Crippen molar-refractivity contribution in [3.05, 3.63) is 50.1 Å². The molecule has 0 fully saturated rings. The van der Waals surface area contributed by atoms with E-state index in [1.54, 1.807) is 6.07 Å². The highest BCUT2D eigenvalue weighted by atomic mass is 79.9. The van der Waals surface area contributed by atoms with E-state index in [1.165, 1.54) is 28.8 Å². The molecule has 0 aliphatic heterocycles. The zero-order chi connectivity index (χ0) is 15.6. The number of hydrogen-bond donors (Lipinski definition) is 1. The molecular formula is C13H6BrF3N2OS. The van der Waals surface area contributed by atoms with Gasteiger partial charge in [-0.3, -0.25) is 4.79 Å². The first-order chi connectivity index (χ1) is 9.81. The highest BCUT2D eigenvalue weighted by Crippen LogP contribution is 2.35. The molecule has 1 amide bonds. The van der Waals surface area contributed by atoms with Gasteiger partial charge in [0, 0.05) is 5.38 Å². The van der Waals surface area contributed by atoms with Gasteiger partial charge in [-0.25, -0.2) is 0 Å². The number of hydrogen-bond acceptors (Lipinski definition) is 3. The number of benzene rings is 1. The normalized spacial score (nSPS) is 11.0. The Labute approximate surface area is 130 Å². The number of nitriles is 1. The fraction of sp³-hybridized carbons (Fsp3) is 0.0769. The Hall–Kier alpha value is -1.85. The number of anilines is 1. The molecule has 0 aliphatic rings. The van der Waals surface area contributed by atoms with Crippen LogP contribution in [0.2, 0.25) is 0 Å². The number of nitrogens with zero attached hydrogens (tertiary/aromatic N) is 1. The average Bonchev–Trinajstić information content (AvgIpc) is 2.84. The zero-order valence-electron chi connectivity index (χ0n) is 10.2. The molecule has 0 aliphatic carbocycles. The first kappa shape index (κ1) is 15.5. The fourth-order valence-corrected chi connectivity index (χ4v) is 2.72. The van der Waals surface area contributed by atoms with Crippen molar-refractivity contribution < 1.29 is 18.0 Å². The predicted octanol–water partition coefficient (Wildman–Crippen LogP) is 4.65. The maximum Gasteiger partial charge on any atom is 0.418 e. The van der Waals surface area contributed by atoms with Crippen molar-refractivity contribution in [3.63, 3.8) is 0 Å². The second-order valence-corrected chi connectivity index (χ2v) is 6.25. The third-order valence-electron chi connectivity index (χ3n) is 2.53. The summed E-state index contributed by atoms with van der Waals surface area (Å²) in [7, 11) is 0. The molecule has 1 heterocycles. The minimum atomic E-state index is -4.66. The van der Waals surface area contributed by atoms with Gasteiger partial charge in [-0.05, 0) is 40.2 Å². The van der Waals surface area contributed by atoms with Gasteiger partial charge >= 0.3 is 6.18 Å². The topological polar surface area (TPSA) is 52.9 Å². The molecule has 1 aromatic heterocycles. The van der Waals surface area contributed by atoms with Crippen LogP contribution in [0.4, 0.5) is 18.9 Å². The molecular weight excluding hydrogens is 369 g/mol. The van der Waals surface area contributed by atoms with Gasteiger partial charge in [-0.1, -0.05) is 0 Å². The smallest absolute Gasteiger partial charge is 0.321 e. The van der Waals surface area contributed by atoms with Crippen LogP contribution in [0.25, 0.3) is 0 Å². The molecule has 0 unspecified atom stereocenters. The molecule has 21 heavy (non-hydrogen) atoms. The number of nitrogens with one attached hydrogen (secondary N) is 1. The van der Waals surface area contributed by atoms with E-state index in [0.29, 0.717) is 9.85 Å². The first-order valence-electron chi connectivity index (χ1n) is 5.48. The van der Waals surface area contributed by atoms with Crippen LogP contribution in [0.15, 0.2) is 33.4 Å². The van der Waals surface area contributed by atoms with Crippen LogP contribution in [0.3, 0.4) is 0 Å². The minimum absolute atomic E-state index is 0.126. The number of carbonyl (C=O) groups is 1. The number of thiophene rings is 1. The van der Waals surface area contributed by atoms with Gasteiger partial charge < -0.3 is 5.32 Å². The number of amides is 1. The molecule has 0 radical (unpaired) electrons. The monoisotopic (exact) mass is 374 g/mol. The van der Waals surface area contributed by atoms with Crippen LogP contribution in [0.1, 0.15) is 21.5 Å². The lowest BCUT2D eigenvalue weighted by molar-refractivity contribution is -0.136. The first-order valence-corrected chi connectivity index (χ1v) is 7.15. The SMILES string of the molecule is N#Cc1ccc(NC(=O)c2csc(Br)c2)c(C(F)(F)F)c1. The van der Waals surface area contributed by atoms with Crippen molar-refractivity contribution in [3.8, 4) is 6.07 Å². The van der Waals surface area contributed by atoms with Gasteiger partial charge in [0.1, 0.15) is 0 Å². The Kier molecular flexibility index (Phi) is 4.34. The summed E-state index contributed by atoms with van der Waals surface area (Å²) in [5, 5.41) is 12.4. The van der Waals surface area contributed by atoms with Crippen molar-refractivity contribution in [2.75, 3.05) is 5.32 Å². The molecule has 2 rings (SSSR count). The highest BCUT2D eigenvalue weighted by molar-refractivity contribution is 9.11. The summed E-state index contributed by atoms with van der Waals surface area (Å²) in [6.45, 7) is 0. The quantitative estimate of drug-likeness (QED) is 0.831. The van der Waals surface area contributed by atoms with Crippen LogP contribution >= 0.6 is 27.3 Å². The van der Waals surface area contributed by atoms with Crippen molar-refractivity contribution in [2.24, 2.45) is 0 Å². The number of halogens is 4. The summed E-state index contributed by atoms with van der Waals surface area (Å²) in [6.07, 6.45) is -4.66. The standard InChI is InChI=1S/C13H6BrF3N2OS/c14-11-4-8(6-21-11)12(20)19-10-2-1-7(5-18)3-9(10)13(15,16)17/h1-4,6H,(H,19,20). The van der Waals surface area contributed by atoms with Gasteiger partial charge in [0.15, 0.2) is 0 Å². The largest absolute Gasteiger partial charge is 0.418 e. The molecule has 1 aromatic carbocycles. The van der Waals surface area contributed by atoms with E-state index in [0.717, 1.165) is 6.07 Å². The van der Waals surface area contributed by atoms with Gasteiger partial charge in [-0.15, -0.1) is 11.3 Å². The van der Waals surface area contributed by atoms with E-state index in [4.69, 9.17) is 5.26 Å². The molecule has 3 nitrogen and oxygen atoms in total. The summed E-state index contributed by atoms with van der Waals surface area (Å²) < 4.78 is 39.6. The summed E-state index contributed by atoms with van der Waals surface area (Å²) in [5.74, 6) is -0.646. The molecule has 2 aromatic rings. The Morgan fingerprint density at radius 1 is 1.33 bits per heavy atom. The Morgan fingerprint density at radius 2 is 2.05 bits per heavy atom. The second kappa shape index (κ2) is 5.87. The Morgan fingerprint density at radius 3 is 2.57 bits per heavy atom.